The largest absolute Gasteiger partial charge is 0.379 e. The van der Waals surface area contributed by atoms with Gasteiger partial charge >= 0.3 is 0 Å². The van der Waals surface area contributed by atoms with Crippen LogP contribution in [0.1, 0.15) is 0 Å². The van der Waals surface area contributed by atoms with Crippen LogP contribution in [-0.2, 0) is 0 Å². The van der Waals surface area contributed by atoms with Crippen LogP contribution >= 0.6 is 15.9 Å². The fourth-order valence-electron chi connectivity index (χ4n) is 0.485. The minimum Gasteiger partial charge on any atom is -0.379 e. The van der Waals surface area contributed by atoms with Gasteiger partial charge in [0.1, 0.15) is 0 Å². The molecular weight excluding hydrogens is 154 g/mol. The van der Waals surface area contributed by atoms with Crippen molar-refractivity contribution in [2.75, 3.05) is 13.6 Å². The summed E-state index contributed by atoms with van der Waals surface area (Å²) >= 11 is 3.29. The summed E-state index contributed by atoms with van der Waals surface area (Å²) in [5, 5.41) is 0. The van der Waals surface area contributed by atoms with E-state index in [1.54, 1.807) is 0 Å². The molecule has 0 unspecified atom stereocenters. The Kier molecular flexibility index (Phi) is 1.38. The maximum absolute atomic E-state index is 3.29. The molecule has 0 aromatic rings. The molecule has 0 saturated heterocycles. The average Bonchev–Trinajstić information content (AvgIpc) is 1.87. The lowest BCUT2D eigenvalue weighted by Crippen LogP contribution is -2.04. The molecule has 1 aliphatic heterocycles. The quantitative estimate of drug-likeness (QED) is 0.515. The van der Waals surface area contributed by atoms with Crippen molar-refractivity contribution in [1.29, 1.82) is 0 Å². The predicted octanol–water partition coefficient (Wildman–Crippen LogP) is 1.25. The molecule has 0 N–H and O–H groups in total. The summed E-state index contributed by atoms with van der Waals surface area (Å²) in [7, 11) is 2.02. The van der Waals surface area contributed by atoms with E-state index >= 15 is 0 Å². The smallest absolute Gasteiger partial charge is 0.0466 e. The van der Waals surface area contributed by atoms with Crippen molar-refractivity contribution in [3.8, 4) is 0 Å². The topological polar surface area (TPSA) is 3.24 Å². The van der Waals surface area contributed by atoms with Crippen molar-refractivity contribution in [2.24, 2.45) is 0 Å². The molecular formula is C5H6BrN. The van der Waals surface area contributed by atoms with E-state index in [1.165, 1.54) is 0 Å². The van der Waals surface area contributed by atoms with Gasteiger partial charge < -0.3 is 4.90 Å². The molecule has 0 aliphatic carbocycles. The highest BCUT2D eigenvalue weighted by atomic mass is 79.9. The van der Waals surface area contributed by atoms with Gasteiger partial charge in [-0.1, -0.05) is 15.9 Å². The zero-order valence-electron chi connectivity index (χ0n) is 4.11. The second kappa shape index (κ2) is 1.86. The third-order valence-electron chi connectivity index (χ3n) is 0.831. The van der Waals surface area contributed by atoms with E-state index in [0.717, 1.165) is 11.0 Å². The molecule has 0 atom stereocenters. The fourth-order valence-corrected chi connectivity index (χ4v) is 0.960. The molecule has 1 rings (SSSR count). The van der Waals surface area contributed by atoms with Gasteiger partial charge in [-0.05, 0) is 0 Å². The van der Waals surface area contributed by atoms with E-state index in [0.29, 0.717) is 0 Å². The van der Waals surface area contributed by atoms with Gasteiger partial charge in [0, 0.05) is 30.7 Å². The average molecular weight is 160 g/mol. The second-order valence-corrected chi connectivity index (χ2v) is 2.42. The molecule has 0 aromatic carbocycles. The molecule has 1 aliphatic rings. The summed E-state index contributed by atoms with van der Waals surface area (Å²) in [6.07, 6.45) is 5.07. The molecule has 0 fully saturated rings. The van der Waals surface area contributed by atoms with Gasteiger partial charge in [0.15, 0.2) is 0 Å². The summed E-state index contributed by atoms with van der Waals surface area (Å²) in [6, 6.07) is 0. The van der Waals surface area contributed by atoms with Gasteiger partial charge in [0.05, 0.1) is 0 Å². The Bertz CT molecular complexity index is 98.3. The second-order valence-electron chi connectivity index (χ2n) is 1.57. The normalized spacial score (nSPS) is 20.3. The number of nitrogens with zero attached hydrogens (tertiary/aromatic N) is 1. The SMILES string of the molecule is CN1C=C(Br)[C]C1. The molecule has 1 nitrogen and oxygen atoms in total. The molecule has 1 heterocycles. The van der Waals surface area contributed by atoms with Crippen LogP contribution in [0.25, 0.3) is 0 Å². The molecule has 7 heavy (non-hydrogen) atoms. The van der Waals surface area contributed by atoms with E-state index in [4.69, 9.17) is 0 Å². The Morgan fingerprint density at radius 2 is 2.71 bits per heavy atom. The molecule has 0 spiro atoms. The lowest BCUT2D eigenvalue weighted by Gasteiger charge is -2.01. The first-order valence-electron chi connectivity index (χ1n) is 2.10. The van der Waals surface area contributed by atoms with Crippen molar-refractivity contribution in [3.63, 3.8) is 0 Å². The number of halogens is 1. The van der Waals surface area contributed by atoms with Gasteiger partial charge in [-0.25, -0.2) is 0 Å². The molecule has 2 radical (unpaired) electrons. The van der Waals surface area contributed by atoms with Crippen LogP contribution in [0.2, 0.25) is 0 Å². The van der Waals surface area contributed by atoms with Crippen molar-refractivity contribution < 1.29 is 0 Å². The Morgan fingerprint density at radius 3 is 2.86 bits per heavy atom. The molecule has 38 valence electrons. The number of hydrogen-bond acceptors (Lipinski definition) is 1. The maximum Gasteiger partial charge on any atom is 0.0466 e. The van der Waals surface area contributed by atoms with Crippen LogP contribution in [0, 0.1) is 6.42 Å². The maximum atomic E-state index is 3.29. The summed E-state index contributed by atoms with van der Waals surface area (Å²) in [5.74, 6) is 0. The summed E-state index contributed by atoms with van der Waals surface area (Å²) in [5.41, 5.74) is 0. The summed E-state index contributed by atoms with van der Waals surface area (Å²) in [4.78, 5) is 2.06. The van der Waals surface area contributed by atoms with Crippen molar-refractivity contribution in [3.05, 3.63) is 17.1 Å². The van der Waals surface area contributed by atoms with E-state index in [1.807, 2.05) is 13.2 Å². The first-order chi connectivity index (χ1) is 3.29. The highest BCUT2D eigenvalue weighted by Crippen LogP contribution is 2.15. The standard InChI is InChI=1S/C5H6BrN/c1-7-3-2-5(6)4-7/h4H,3H2,1H3. The molecule has 0 bridgehead atoms. The Labute approximate surface area is 52.1 Å². The van der Waals surface area contributed by atoms with E-state index in [9.17, 15) is 0 Å². The minimum atomic E-state index is 0.917. The Hall–Kier alpha value is 0.0200. The fraction of sp³-hybridized carbons (Fsp3) is 0.400. The van der Waals surface area contributed by atoms with Crippen molar-refractivity contribution >= 4 is 15.9 Å². The first-order valence-corrected chi connectivity index (χ1v) is 2.90. The van der Waals surface area contributed by atoms with Gasteiger partial charge in [0.2, 0.25) is 0 Å². The summed E-state index contributed by atoms with van der Waals surface area (Å²) < 4.78 is 1.06. The third-order valence-corrected chi connectivity index (χ3v) is 1.32. The van der Waals surface area contributed by atoms with Gasteiger partial charge in [-0.15, -0.1) is 0 Å². The van der Waals surface area contributed by atoms with Crippen LogP contribution in [0.3, 0.4) is 0 Å². The van der Waals surface area contributed by atoms with Crippen LogP contribution in [0.15, 0.2) is 10.7 Å². The molecule has 0 amide bonds. The van der Waals surface area contributed by atoms with Gasteiger partial charge in [-0.2, -0.15) is 0 Å². The minimum absolute atomic E-state index is 0.917. The zero-order valence-corrected chi connectivity index (χ0v) is 5.70. The van der Waals surface area contributed by atoms with Gasteiger partial charge in [0.25, 0.3) is 0 Å². The van der Waals surface area contributed by atoms with Gasteiger partial charge in [-0.3, -0.25) is 0 Å². The zero-order chi connectivity index (χ0) is 5.28. The predicted molar refractivity (Wildman–Crippen MR) is 32.9 cm³/mol. The lowest BCUT2D eigenvalue weighted by atomic mass is 10.5. The van der Waals surface area contributed by atoms with E-state index in [2.05, 4.69) is 27.3 Å². The molecule has 0 saturated carbocycles. The van der Waals surface area contributed by atoms with Crippen LogP contribution < -0.4 is 0 Å². The Morgan fingerprint density at radius 1 is 2.00 bits per heavy atom. The summed E-state index contributed by atoms with van der Waals surface area (Å²) in [6.45, 7) is 0.917. The Balaban J connectivity index is 2.50. The first kappa shape index (κ1) is 5.16. The van der Waals surface area contributed by atoms with E-state index < -0.39 is 0 Å². The van der Waals surface area contributed by atoms with Crippen LogP contribution in [0.4, 0.5) is 0 Å². The number of hydrogen-bond donors (Lipinski definition) is 0. The van der Waals surface area contributed by atoms with Crippen molar-refractivity contribution in [1.82, 2.24) is 4.90 Å². The van der Waals surface area contributed by atoms with Crippen LogP contribution in [0.5, 0.6) is 0 Å². The third kappa shape index (κ3) is 1.20. The van der Waals surface area contributed by atoms with E-state index in [-0.39, 0.29) is 0 Å². The lowest BCUT2D eigenvalue weighted by molar-refractivity contribution is 0.521. The highest BCUT2D eigenvalue weighted by molar-refractivity contribution is 9.11. The molecule has 2 heteroatoms. The van der Waals surface area contributed by atoms with Crippen LogP contribution in [-0.4, -0.2) is 18.5 Å². The highest BCUT2D eigenvalue weighted by Gasteiger charge is 2.04. The van der Waals surface area contributed by atoms with Crippen molar-refractivity contribution in [2.45, 2.75) is 0 Å². The monoisotopic (exact) mass is 159 g/mol. The molecule has 0 aromatic heterocycles. The number of rotatable bonds is 0.